The van der Waals surface area contributed by atoms with Gasteiger partial charge in [-0.25, -0.2) is 4.98 Å². The van der Waals surface area contributed by atoms with Crippen LogP contribution in [0.2, 0.25) is 0 Å². The van der Waals surface area contributed by atoms with E-state index in [2.05, 4.69) is 40.3 Å². The molecule has 31 heavy (non-hydrogen) atoms. The largest absolute Gasteiger partial charge is 0.494 e. The van der Waals surface area contributed by atoms with Gasteiger partial charge in [-0.1, -0.05) is 18.2 Å². The molecule has 2 aromatic carbocycles. The number of aromatic nitrogens is 3. The number of nitrogens with two attached hydrogens (primary N) is 1. The fourth-order valence-corrected chi connectivity index (χ4v) is 4.71. The molecule has 7 heteroatoms. The van der Waals surface area contributed by atoms with E-state index in [9.17, 15) is 4.79 Å². The molecule has 1 fully saturated rings. The van der Waals surface area contributed by atoms with Crippen LogP contribution in [0.25, 0.3) is 33.5 Å². The molecule has 1 aliphatic rings. The number of hydrogen-bond acceptors (Lipinski definition) is 4. The Kier molecular flexibility index (Phi) is 4.70. The van der Waals surface area contributed by atoms with E-state index in [1.54, 1.807) is 7.11 Å². The molecule has 1 saturated heterocycles. The Morgan fingerprint density at radius 1 is 1.26 bits per heavy atom. The number of methoxy groups -OCH3 is 1. The van der Waals surface area contributed by atoms with Crippen LogP contribution in [0.3, 0.4) is 0 Å². The van der Waals surface area contributed by atoms with Gasteiger partial charge in [-0.15, -0.1) is 0 Å². The van der Waals surface area contributed by atoms with Gasteiger partial charge >= 0.3 is 0 Å². The maximum Gasteiger partial charge on any atom is 0.254 e. The molecule has 1 unspecified atom stereocenters. The number of nitrogens with zero attached hydrogens (tertiary/aromatic N) is 4. The van der Waals surface area contributed by atoms with Gasteiger partial charge in [0.15, 0.2) is 5.82 Å². The molecule has 0 spiro atoms. The van der Waals surface area contributed by atoms with Gasteiger partial charge in [0.25, 0.3) is 5.91 Å². The lowest BCUT2D eigenvalue weighted by Gasteiger charge is -2.16. The molecule has 0 bridgehead atoms. The van der Waals surface area contributed by atoms with E-state index >= 15 is 0 Å². The van der Waals surface area contributed by atoms with E-state index in [1.807, 2.05) is 30.1 Å². The Labute approximate surface area is 181 Å². The van der Waals surface area contributed by atoms with Crippen molar-refractivity contribution in [1.29, 1.82) is 0 Å². The summed E-state index contributed by atoms with van der Waals surface area (Å²) in [6.45, 7) is 4.24. The minimum Gasteiger partial charge on any atom is -0.494 e. The van der Waals surface area contributed by atoms with Gasteiger partial charge in [0.1, 0.15) is 11.3 Å². The Bertz CT molecular complexity index is 1300. The SMILES string of the molecule is CCn1c(-c2nc3cc(C(=O)N4CCC(N)C4)cc(OC)c3n2C)cc2ccccc21. The normalized spacial score (nSPS) is 16.5. The molecule has 7 nitrogen and oxygen atoms in total. The van der Waals surface area contributed by atoms with Crippen LogP contribution in [0, 0.1) is 0 Å². The average molecular weight is 418 g/mol. The van der Waals surface area contributed by atoms with E-state index in [-0.39, 0.29) is 11.9 Å². The maximum atomic E-state index is 13.1. The highest BCUT2D eigenvalue weighted by Gasteiger charge is 2.26. The summed E-state index contributed by atoms with van der Waals surface area (Å²) < 4.78 is 10.00. The summed E-state index contributed by atoms with van der Waals surface area (Å²) in [4.78, 5) is 19.8. The second-order valence-corrected chi connectivity index (χ2v) is 8.17. The second-order valence-electron chi connectivity index (χ2n) is 8.17. The third kappa shape index (κ3) is 3.08. The fraction of sp³-hybridized carbons (Fsp3) is 0.333. The second kappa shape index (κ2) is 7.42. The summed E-state index contributed by atoms with van der Waals surface area (Å²) in [5.74, 6) is 1.46. The highest BCUT2D eigenvalue weighted by atomic mass is 16.5. The predicted octanol–water partition coefficient (Wildman–Crippen LogP) is 3.40. The summed E-state index contributed by atoms with van der Waals surface area (Å²) in [6.07, 6.45) is 0.834. The van der Waals surface area contributed by atoms with Crippen LogP contribution >= 0.6 is 0 Å². The number of para-hydroxylation sites is 1. The minimum atomic E-state index is -0.0250. The van der Waals surface area contributed by atoms with E-state index in [0.29, 0.717) is 24.4 Å². The van der Waals surface area contributed by atoms with E-state index in [0.717, 1.165) is 35.5 Å². The van der Waals surface area contributed by atoms with Crippen molar-refractivity contribution in [2.75, 3.05) is 20.2 Å². The van der Waals surface area contributed by atoms with Gasteiger partial charge in [0.05, 0.1) is 18.3 Å². The van der Waals surface area contributed by atoms with Gasteiger partial charge in [0.2, 0.25) is 0 Å². The summed E-state index contributed by atoms with van der Waals surface area (Å²) >= 11 is 0. The Balaban J connectivity index is 1.67. The molecule has 0 saturated carbocycles. The van der Waals surface area contributed by atoms with Crippen molar-refractivity contribution in [3.63, 3.8) is 0 Å². The first-order valence-electron chi connectivity index (χ1n) is 10.7. The van der Waals surface area contributed by atoms with Crippen LogP contribution in [0.1, 0.15) is 23.7 Å². The highest BCUT2D eigenvalue weighted by molar-refractivity contribution is 6.00. The molecule has 5 rings (SSSR count). The maximum absolute atomic E-state index is 13.1. The first-order valence-corrected chi connectivity index (χ1v) is 10.7. The quantitative estimate of drug-likeness (QED) is 0.552. The number of fused-ring (bicyclic) bond motifs is 2. The number of carbonyl (C=O) groups excluding carboxylic acids is 1. The number of likely N-dealkylation sites (tertiary alicyclic amines) is 1. The van der Waals surface area contributed by atoms with Crippen LogP contribution in [0.4, 0.5) is 0 Å². The molecular weight excluding hydrogens is 390 g/mol. The smallest absolute Gasteiger partial charge is 0.254 e. The lowest BCUT2D eigenvalue weighted by molar-refractivity contribution is 0.0790. The Hall–Kier alpha value is -3.32. The van der Waals surface area contributed by atoms with Crippen molar-refractivity contribution in [2.24, 2.45) is 12.8 Å². The van der Waals surface area contributed by atoms with Crippen molar-refractivity contribution >= 4 is 27.8 Å². The van der Waals surface area contributed by atoms with Crippen LogP contribution in [-0.2, 0) is 13.6 Å². The first-order chi connectivity index (χ1) is 15.0. The molecule has 0 aliphatic carbocycles. The van der Waals surface area contributed by atoms with Gasteiger partial charge in [0, 0.05) is 49.2 Å². The molecular formula is C24H27N5O2. The van der Waals surface area contributed by atoms with Crippen LogP contribution in [0.15, 0.2) is 42.5 Å². The molecule has 2 aromatic heterocycles. The third-order valence-electron chi connectivity index (χ3n) is 6.27. The zero-order chi connectivity index (χ0) is 21.7. The standard InChI is InChI=1S/C24H27N5O2/c1-4-29-19-8-6-5-7-15(19)12-20(29)23-26-18-11-16(13-21(31-3)22(18)27(23)2)24(30)28-10-9-17(25)14-28/h5-8,11-13,17H,4,9-10,14,25H2,1-3H3. The van der Waals surface area contributed by atoms with E-state index < -0.39 is 0 Å². The number of benzene rings is 2. The predicted molar refractivity (Wildman–Crippen MR) is 122 cm³/mol. The lowest BCUT2D eigenvalue weighted by atomic mass is 10.1. The number of amides is 1. The molecule has 1 aliphatic heterocycles. The van der Waals surface area contributed by atoms with E-state index in [4.69, 9.17) is 15.5 Å². The lowest BCUT2D eigenvalue weighted by Crippen LogP contribution is -2.31. The summed E-state index contributed by atoms with van der Waals surface area (Å²) in [6, 6.07) is 14.2. The van der Waals surface area contributed by atoms with Crippen LogP contribution < -0.4 is 10.5 Å². The minimum absolute atomic E-state index is 0.0250. The number of aryl methyl sites for hydroxylation is 2. The van der Waals surface area contributed by atoms with Crippen molar-refractivity contribution in [2.45, 2.75) is 25.9 Å². The zero-order valence-electron chi connectivity index (χ0n) is 18.1. The number of imidazole rings is 1. The molecule has 1 atom stereocenters. The van der Waals surface area contributed by atoms with Crippen molar-refractivity contribution in [1.82, 2.24) is 19.0 Å². The topological polar surface area (TPSA) is 78.3 Å². The van der Waals surface area contributed by atoms with Gasteiger partial charge < -0.3 is 24.5 Å². The molecule has 2 N–H and O–H groups in total. The summed E-state index contributed by atoms with van der Waals surface area (Å²) in [5, 5.41) is 1.18. The number of carbonyl (C=O) groups is 1. The van der Waals surface area contributed by atoms with Crippen molar-refractivity contribution in [3.8, 4) is 17.3 Å². The zero-order valence-corrected chi connectivity index (χ0v) is 18.1. The number of rotatable bonds is 4. The van der Waals surface area contributed by atoms with Crippen LogP contribution in [0.5, 0.6) is 5.75 Å². The van der Waals surface area contributed by atoms with Crippen LogP contribution in [-0.4, -0.2) is 51.2 Å². The molecule has 160 valence electrons. The average Bonchev–Trinajstić information content (AvgIpc) is 3.47. The highest BCUT2D eigenvalue weighted by Crippen LogP contribution is 2.34. The summed E-state index contributed by atoms with van der Waals surface area (Å²) in [7, 11) is 3.62. The molecule has 0 radical (unpaired) electrons. The number of ether oxygens (including phenoxy) is 1. The molecule has 3 heterocycles. The molecule has 1 amide bonds. The van der Waals surface area contributed by atoms with E-state index in [1.165, 1.54) is 10.9 Å². The summed E-state index contributed by atoms with van der Waals surface area (Å²) in [5.41, 5.74) is 10.4. The van der Waals surface area contributed by atoms with Crippen molar-refractivity contribution in [3.05, 3.63) is 48.0 Å². The van der Waals surface area contributed by atoms with Crippen molar-refractivity contribution < 1.29 is 9.53 Å². The van der Waals surface area contributed by atoms with Gasteiger partial charge in [-0.05, 0) is 37.6 Å². The monoisotopic (exact) mass is 417 g/mol. The Morgan fingerprint density at radius 2 is 2.06 bits per heavy atom. The fourth-order valence-electron chi connectivity index (χ4n) is 4.71. The van der Waals surface area contributed by atoms with Gasteiger partial charge in [-0.3, -0.25) is 4.79 Å². The number of hydrogen-bond donors (Lipinski definition) is 1. The third-order valence-corrected chi connectivity index (χ3v) is 6.27. The van der Waals surface area contributed by atoms with Gasteiger partial charge in [-0.2, -0.15) is 0 Å². The molecule has 4 aromatic rings. The Morgan fingerprint density at radius 3 is 2.77 bits per heavy atom. The first kappa shape index (κ1) is 19.6.